The minimum absolute atomic E-state index is 0.386. The third-order valence-corrected chi connectivity index (χ3v) is 2.91. The van der Waals surface area contributed by atoms with E-state index in [4.69, 9.17) is 5.11 Å². The predicted octanol–water partition coefficient (Wildman–Crippen LogP) is 3.46. The number of hydrogen-bond acceptors (Lipinski definition) is 2. The van der Waals surface area contributed by atoms with Crippen LogP contribution in [0.2, 0.25) is 0 Å². The molecule has 0 saturated carbocycles. The molecule has 0 aromatic rings. The summed E-state index contributed by atoms with van der Waals surface area (Å²) in [5.41, 5.74) is 0.790. The SMILES string of the molecule is C=CC(C)(O)CC/C=C(\C)CC/C=C(\C)C(=O)O. The molecule has 1 atom stereocenters. The van der Waals surface area contributed by atoms with Gasteiger partial charge < -0.3 is 10.2 Å². The van der Waals surface area contributed by atoms with Gasteiger partial charge in [-0.25, -0.2) is 4.79 Å². The molecule has 0 aliphatic rings. The Morgan fingerprint density at radius 3 is 2.39 bits per heavy atom. The van der Waals surface area contributed by atoms with Crippen LogP contribution >= 0.6 is 0 Å². The fourth-order valence-electron chi connectivity index (χ4n) is 1.42. The molecule has 18 heavy (non-hydrogen) atoms. The van der Waals surface area contributed by atoms with Crippen LogP contribution in [0.3, 0.4) is 0 Å². The average Bonchev–Trinajstić information content (AvgIpc) is 2.28. The van der Waals surface area contributed by atoms with E-state index in [1.807, 2.05) is 6.92 Å². The van der Waals surface area contributed by atoms with Crippen LogP contribution in [0.4, 0.5) is 0 Å². The zero-order valence-electron chi connectivity index (χ0n) is 11.6. The van der Waals surface area contributed by atoms with E-state index < -0.39 is 11.6 Å². The van der Waals surface area contributed by atoms with Crippen molar-refractivity contribution in [3.8, 4) is 0 Å². The van der Waals surface area contributed by atoms with E-state index >= 15 is 0 Å². The van der Waals surface area contributed by atoms with Crippen molar-refractivity contribution in [1.82, 2.24) is 0 Å². The van der Waals surface area contributed by atoms with E-state index in [1.165, 1.54) is 5.57 Å². The number of aliphatic hydroxyl groups is 1. The van der Waals surface area contributed by atoms with Gasteiger partial charge in [-0.2, -0.15) is 0 Å². The number of hydrogen-bond donors (Lipinski definition) is 2. The average molecular weight is 252 g/mol. The van der Waals surface area contributed by atoms with Gasteiger partial charge >= 0.3 is 5.97 Å². The lowest BCUT2D eigenvalue weighted by Crippen LogP contribution is -2.19. The van der Waals surface area contributed by atoms with E-state index in [0.717, 1.165) is 19.3 Å². The largest absolute Gasteiger partial charge is 0.478 e. The van der Waals surface area contributed by atoms with Crippen LogP contribution in [0.25, 0.3) is 0 Å². The Morgan fingerprint density at radius 1 is 1.28 bits per heavy atom. The minimum Gasteiger partial charge on any atom is -0.478 e. The van der Waals surface area contributed by atoms with Gasteiger partial charge in [0.15, 0.2) is 0 Å². The van der Waals surface area contributed by atoms with E-state index in [-0.39, 0.29) is 0 Å². The highest BCUT2D eigenvalue weighted by Gasteiger charge is 2.13. The van der Waals surface area contributed by atoms with Crippen molar-refractivity contribution in [1.29, 1.82) is 0 Å². The maximum Gasteiger partial charge on any atom is 0.330 e. The van der Waals surface area contributed by atoms with Gasteiger partial charge in [0.25, 0.3) is 0 Å². The molecule has 0 amide bonds. The van der Waals surface area contributed by atoms with Crippen LogP contribution < -0.4 is 0 Å². The number of carbonyl (C=O) groups is 1. The molecular weight excluding hydrogens is 228 g/mol. The number of carboxylic acid groups (broad SMARTS) is 1. The molecule has 0 aliphatic heterocycles. The third-order valence-electron chi connectivity index (χ3n) is 2.91. The predicted molar refractivity (Wildman–Crippen MR) is 74.4 cm³/mol. The lowest BCUT2D eigenvalue weighted by Gasteiger charge is -2.16. The maximum atomic E-state index is 10.6. The Hall–Kier alpha value is -1.35. The molecule has 102 valence electrons. The van der Waals surface area contributed by atoms with Gasteiger partial charge in [0.1, 0.15) is 0 Å². The quantitative estimate of drug-likeness (QED) is 0.514. The summed E-state index contributed by atoms with van der Waals surface area (Å²) in [6.45, 7) is 8.94. The number of aliphatic carboxylic acids is 1. The first-order valence-electron chi connectivity index (χ1n) is 6.20. The molecular formula is C15H24O3. The molecule has 2 N–H and O–H groups in total. The normalized spacial score (nSPS) is 16.2. The summed E-state index contributed by atoms with van der Waals surface area (Å²) in [4.78, 5) is 10.6. The summed E-state index contributed by atoms with van der Waals surface area (Å²) in [7, 11) is 0. The Bertz CT molecular complexity index is 349. The molecule has 0 rings (SSSR count). The Balaban J connectivity index is 4.03. The van der Waals surface area contributed by atoms with Gasteiger partial charge in [-0.05, 0) is 46.5 Å². The monoisotopic (exact) mass is 252 g/mol. The first-order chi connectivity index (χ1) is 8.28. The van der Waals surface area contributed by atoms with Crippen molar-refractivity contribution in [2.75, 3.05) is 0 Å². The van der Waals surface area contributed by atoms with Crippen molar-refractivity contribution in [2.45, 2.75) is 52.1 Å². The van der Waals surface area contributed by atoms with E-state index in [9.17, 15) is 9.90 Å². The van der Waals surface area contributed by atoms with Gasteiger partial charge in [-0.1, -0.05) is 23.8 Å². The summed E-state index contributed by atoms with van der Waals surface area (Å²) in [5, 5.41) is 18.4. The third kappa shape index (κ3) is 7.85. The second kappa shape index (κ2) is 7.88. The molecule has 0 saturated heterocycles. The molecule has 0 aromatic heterocycles. The van der Waals surface area contributed by atoms with Gasteiger partial charge in [0.05, 0.1) is 5.60 Å². The lowest BCUT2D eigenvalue weighted by atomic mass is 9.99. The summed E-state index contributed by atoms with van der Waals surface area (Å²) in [5.74, 6) is -0.862. The highest BCUT2D eigenvalue weighted by Crippen LogP contribution is 2.15. The molecule has 3 heteroatoms. The number of rotatable bonds is 8. The van der Waals surface area contributed by atoms with Crippen molar-refractivity contribution in [2.24, 2.45) is 0 Å². The van der Waals surface area contributed by atoms with E-state index in [2.05, 4.69) is 12.7 Å². The van der Waals surface area contributed by atoms with E-state index in [1.54, 1.807) is 26.0 Å². The molecule has 0 bridgehead atoms. The molecule has 3 nitrogen and oxygen atoms in total. The zero-order chi connectivity index (χ0) is 14.2. The molecule has 0 radical (unpaired) electrons. The first kappa shape index (κ1) is 16.6. The molecule has 0 spiro atoms. The summed E-state index contributed by atoms with van der Waals surface area (Å²) >= 11 is 0. The Labute approximate surface area is 110 Å². The molecule has 0 aromatic carbocycles. The number of allylic oxidation sites excluding steroid dienone is 3. The molecule has 0 heterocycles. The van der Waals surface area contributed by atoms with Crippen molar-refractivity contribution in [3.05, 3.63) is 36.0 Å². The lowest BCUT2D eigenvalue weighted by molar-refractivity contribution is -0.132. The highest BCUT2D eigenvalue weighted by atomic mass is 16.4. The first-order valence-corrected chi connectivity index (χ1v) is 6.20. The van der Waals surface area contributed by atoms with Crippen LogP contribution in [-0.2, 0) is 4.79 Å². The van der Waals surface area contributed by atoms with Crippen LogP contribution in [0.15, 0.2) is 36.0 Å². The van der Waals surface area contributed by atoms with Gasteiger partial charge in [0.2, 0.25) is 0 Å². The minimum atomic E-state index is -0.862. The fraction of sp³-hybridized carbons (Fsp3) is 0.533. The van der Waals surface area contributed by atoms with Crippen molar-refractivity contribution < 1.29 is 15.0 Å². The van der Waals surface area contributed by atoms with Crippen LogP contribution in [0.5, 0.6) is 0 Å². The Kier molecular flexibility index (Phi) is 7.29. The Morgan fingerprint density at radius 2 is 1.89 bits per heavy atom. The second-order valence-electron chi connectivity index (χ2n) is 4.88. The topological polar surface area (TPSA) is 57.5 Å². The van der Waals surface area contributed by atoms with Gasteiger partial charge in [0, 0.05) is 5.57 Å². The fourth-order valence-corrected chi connectivity index (χ4v) is 1.42. The van der Waals surface area contributed by atoms with Gasteiger partial charge in [-0.3, -0.25) is 0 Å². The molecule has 0 fully saturated rings. The second-order valence-corrected chi connectivity index (χ2v) is 4.88. The van der Waals surface area contributed by atoms with Crippen LogP contribution in [0.1, 0.15) is 46.5 Å². The molecule has 0 aliphatic carbocycles. The van der Waals surface area contributed by atoms with Gasteiger partial charge in [-0.15, -0.1) is 6.58 Å². The van der Waals surface area contributed by atoms with Crippen LogP contribution in [0, 0.1) is 0 Å². The summed E-state index contributed by atoms with van der Waals surface area (Å²) in [6, 6.07) is 0. The molecule has 1 unspecified atom stereocenters. The number of carboxylic acids is 1. The zero-order valence-corrected chi connectivity index (χ0v) is 11.6. The smallest absolute Gasteiger partial charge is 0.330 e. The standard InChI is InChI=1S/C15H24O3/c1-5-15(4,18)11-7-9-12(2)8-6-10-13(3)14(16)17/h5,9-10,18H,1,6-8,11H2,2-4H3,(H,16,17)/b12-9+,13-10+. The van der Waals surface area contributed by atoms with Crippen LogP contribution in [-0.4, -0.2) is 21.8 Å². The summed E-state index contributed by atoms with van der Waals surface area (Å²) < 4.78 is 0. The van der Waals surface area contributed by atoms with Crippen molar-refractivity contribution in [3.63, 3.8) is 0 Å². The van der Waals surface area contributed by atoms with Crippen molar-refractivity contribution >= 4 is 5.97 Å². The maximum absolute atomic E-state index is 10.6. The highest BCUT2D eigenvalue weighted by molar-refractivity contribution is 5.85. The summed E-state index contributed by atoms with van der Waals surface area (Å²) in [6.07, 6.45) is 8.40. The van der Waals surface area contributed by atoms with E-state index in [0.29, 0.717) is 12.0 Å².